The van der Waals surface area contributed by atoms with Crippen molar-refractivity contribution in [3.8, 4) is 17.0 Å². The summed E-state index contributed by atoms with van der Waals surface area (Å²) in [5, 5.41) is 2.80. The fraction of sp³-hybridized carbons (Fsp3) is 0.231. The van der Waals surface area contributed by atoms with Gasteiger partial charge in [0.25, 0.3) is 0 Å². The Hall–Kier alpha value is -3.60. The molecule has 31 heavy (non-hydrogen) atoms. The second-order valence-electron chi connectivity index (χ2n) is 7.39. The number of benzene rings is 2. The maximum atomic E-state index is 11.1. The van der Waals surface area contributed by atoms with Crippen LogP contribution in [0.1, 0.15) is 23.7 Å². The molecule has 0 aliphatic carbocycles. The molecule has 5 nitrogen and oxygen atoms in total. The van der Waals surface area contributed by atoms with Gasteiger partial charge in [-0.2, -0.15) is 0 Å². The van der Waals surface area contributed by atoms with Crippen molar-refractivity contribution in [3.05, 3.63) is 77.5 Å². The zero-order valence-corrected chi connectivity index (χ0v) is 18.6. The zero-order chi connectivity index (χ0) is 22.2. The molecule has 0 atom stereocenters. The SMILES string of the molecule is COc1nc(/C=C/c2cccc(-c3ccccc3)c2C)ccc1N(C)CCNC(C)=O. The molecular weight excluding hydrogens is 386 g/mol. The smallest absolute Gasteiger partial charge is 0.237 e. The first-order chi connectivity index (χ1) is 15.0. The molecule has 0 aliphatic rings. The third-order valence-corrected chi connectivity index (χ3v) is 5.18. The third-order valence-electron chi connectivity index (χ3n) is 5.18. The lowest BCUT2D eigenvalue weighted by atomic mass is 9.96. The predicted molar refractivity (Wildman–Crippen MR) is 128 cm³/mol. The summed E-state index contributed by atoms with van der Waals surface area (Å²) in [6.45, 7) is 4.88. The molecule has 0 radical (unpaired) electrons. The molecule has 1 heterocycles. The van der Waals surface area contributed by atoms with Crippen molar-refractivity contribution < 1.29 is 9.53 Å². The summed E-state index contributed by atoms with van der Waals surface area (Å²) >= 11 is 0. The van der Waals surface area contributed by atoms with Gasteiger partial charge in [0.15, 0.2) is 0 Å². The van der Waals surface area contributed by atoms with Crippen LogP contribution < -0.4 is 15.0 Å². The molecule has 5 heteroatoms. The van der Waals surface area contributed by atoms with Gasteiger partial charge in [0.1, 0.15) is 0 Å². The molecular formula is C26H29N3O2. The van der Waals surface area contributed by atoms with Crippen LogP contribution in [0.3, 0.4) is 0 Å². The number of carbonyl (C=O) groups is 1. The van der Waals surface area contributed by atoms with Gasteiger partial charge in [-0.3, -0.25) is 4.79 Å². The van der Waals surface area contributed by atoms with E-state index >= 15 is 0 Å². The van der Waals surface area contributed by atoms with E-state index in [1.54, 1.807) is 7.11 Å². The second kappa shape index (κ2) is 10.4. The van der Waals surface area contributed by atoms with Gasteiger partial charge in [-0.05, 0) is 47.4 Å². The van der Waals surface area contributed by atoms with Crippen LogP contribution in [0.15, 0.2) is 60.7 Å². The highest BCUT2D eigenvalue weighted by Gasteiger charge is 2.10. The van der Waals surface area contributed by atoms with E-state index in [9.17, 15) is 4.79 Å². The molecule has 0 spiro atoms. The topological polar surface area (TPSA) is 54.5 Å². The van der Waals surface area contributed by atoms with E-state index < -0.39 is 0 Å². The fourth-order valence-electron chi connectivity index (χ4n) is 3.44. The number of pyridine rings is 1. The van der Waals surface area contributed by atoms with E-state index in [1.165, 1.54) is 23.6 Å². The average molecular weight is 416 g/mol. The summed E-state index contributed by atoms with van der Waals surface area (Å²) in [5.74, 6) is 0.521. The van der Waals surface area contributed by atoms with Crippen molar-refractivity contribution in [1.29, 1.82) is 0 Å². The van der Waals surface area contributed by atoms with Gasteiger partial charge in [0.2, 0.25) is 11.8 Å². The summed E-state index contributed by atoms with van der Waals surface area (Å²) in [7, 11) is 3.57. The Morgan fingerprint density at radius 2 is 1.84 bits per heavy atom. The number of nitrogens with zero attached hydrogens (tertiary/aromatic N) is 2. The summed E-state index contributed by atoms with van der Waals surface area (Å²) < 4.78 is 5.51. The Kier molecular flexibility index (Phi) is 7.44. The third kappa shape index (κ3) is 5.72. The van der Waals surface area contributed by atoms with E-state index in [4.69, 9.17) is 4.74 Å². The molecule has 3 rings (SSSR count). The molecule has 1 N–H and O–H groups in total. The molecule has 0 saturated carbocycles. The van der Waals surface area contributed by atoms with Crippen LogP contribution in [0.25, 0.3) is 23.3 Å². The number of carbonyl (C=O) groups excluding carboxylic acids is 1. The number of likely N-dealkylation sites (N-methyl/N-ethyl adjacent to an activating group) is 1. The number of rotatable bonds is 8. The maximum Gasteiger partial charge on any atom is 0.237 e. The largest absolute Gasteiger partial charge is 0.480 e. The van der Waals surface area contributed by atoms with Crippen molar-refractivity contribution in [3.63, 3.8) is 0 Å². The Morgan fingerprint density at radius 3 is 2.55 bits per heavy atom. The second-order valence-corrected chi connectivity index (χ2v) is 7.39. The lowest BCUT2D eigenvalue weighted by molar-refractivity contribution is -0.118. The Morgan fingerprint density at radius 1 is 1.06 bits per heavy atom. The van der Waals surface area contributed by atoms with Crippen molar-refractivity contribution in [2.24, 2.45) is 0 Å². The van der Waals surface area contributed by atoms with Crippen LogP contribution in [0.2, 0.25) is 0 Å². The molecule has 0 bridgehead atoms. The van der Waals surface area contributed by atoms with Crippen LogP contribution in [-0.2, 0) is 4.79 Å². The number of hydrogen-bond donors (Lipinski definition) is 1. The quantitative estimate of drug-likeness (QED) is 0.574. The van der Waals surface area contributed by atoms with E-state index in [2.05, 4.69) is 65.8 Å². The van der Waals surface area contributed by atoms with Crippen LogP contribution in [0.4, 0.5) is 5.69 Å². The number of aromatic nitrogens is 1. The summed E-state index contributed by atoms with van der Waals surface area (Å²) in [5.41, 5.74) is 6.52. The van der Waals surface area contributed by atoms with Gasteiger partial charge in [0.05, 0.1) is 18.5 Å². The fourth-order valence-corrected chi connectivity index (χ4v) is 3.44. The monoisotopic (exact) mass is 415 g/mol. The highest BCUT2D eigenvalue weighted by Crippen LogP contribution is 2.28. The molecule has 3 aromatic rings. The standard InChI is InChI=1S/C26H29N3O2/c1-19-21(11-8-12-24(19)22-9-6-5-7-10-22)13-14-23-15-16-25(26(28-23)31-4)29(3)18-17-27-20(2)30/h5-16H,17-18H2,1-4H3,(H,27,30)/b14-13+. The average Bonchev–Trinajstić information content (AvgIpc) is 2.78. The van der Waals surface area contributed by atoms with Crippen molar-refractivity contribution >= 4 is 23.7 Å². The minimum atomic E-state index is -0.0365. The van der Waals surface area contributed by atoms with Gasteiger partial charge in [-0.25, -0.2) is 4.98 Å². The van der Waals surface area contributed by atoms with Gasteiger partial charge in [0, 0.05) is 27.1 Å². The minimum Gasteiger partial charge on any atom is -0.480 e. The summed E-state index contributed by atoms with van der Waals surface area (Å²) in [6.07, 6.45) is 4.09. The van der Waals surface area contributed by atoms with Crippen LogP contribution in [0, 0.1) is 6.92 Å². The highest BCUT2D eigenvalue weighted by atomic mass is 16.5. The zero-order valence-electron chi connectivity index (χ0n) is 18.6. The lowest BCUT2D eigenvalue weighted by Gasteiger charge is -2.21. The molecule has 0 fully saturated rings. The number of anilines is 1. The van der Waals surface area contributed by atoms with Crippen molar-refractivity contribution in [2.75, 3.05) is 32.1 Å². The number of nitrogens with one attached hydrogen (secondary N) is 1. The number of methoxy groups -OCH3 is 1. The summed E-state index contributed by atoms with van der Waals surface area (Å²) in [4.78, 5) is 17.7. The molecule has 0 saturated heterocycles. The molecule has 1 aromatic heterocycles. The van der Waals surface area contributed by atoms with Crippen molar-refractivity contribution in [1.82, 2.24) is 10.3 Å². The first kappa shape index (κ1) is 22.1. The van der Waals surface area contributed by atoms with Gasteiger partial charge < -0.3 is 15.0 Å². The molecule has 0 aliphatic heterocycles. The van der Waals surface area contributed by atoms with Crippen LogP contribution in [0.5, 0.6) is 5.88 Å². The first-order valence-electron chi connectivity index (χ1n) is 10.3. The van der Waals surface area contributed by atoms with Crippen molar-refractivity contribution in [2.45, 2.75) is 13.8 Å². The molecule has 2 aromatic carbocycles. The van der Waals surface area contributed by atoms with E-state index in [0.29, 0.717) is 19.0 Å². The highest BCUT2D eigenvalue weighted by molar-refractivity contribution is 5.77. The Labute approximate surface area is 184 Å². The molecule has 160 valence electrons. The van der Waals surface area contributed by atoms with Gasteiger partial charge >= 0.3 is 0 Å². The maximum absolute atomic E-state index is 11.1. The molecule has 1 amide bonds. The van der Waals surface area contributed by atoms with E-state index in [0.717, 1.165) is 16.9 Å². The summed E-state index contributed by atoms with van der Waals surface area (Å²) in [6, 6.07) is 20.7. The number of amides is 1. The Balaban J connectivity index is 1.79. The van der Waals surface area contributed by atoms with Crippen LogP contribution in [-0.4, -0.2) is 38.1 Å². The normalized spacial score (nSPS) is 10.8. The van der Waals surface area contributed by atoms with Crippen LogP contribution >= 0.6 is 0 Å². The minimum absolute atomic E-state index is 0.0365. The lowest BCUT2D eigenvalue weighted by Crippen LogP contribution is -2.31. The predicted octanol–water partition coefficient (Wildman–Crippen LogP) is 4.81. The molecule has 0 unspecified atom stereocenters. The number of ether oxygens (including phenoxy) is 1. The number of hydrogen-bond acceptors (Lipinski definition) is 4. The Bertz CT molecular complexity index is 1060. The van der Waals surface area contributed by atoms with Gasteiger partial charge in [-0.15, -0.1) is 0 Å². The van der Waals surface area contributed by atoms with E-state index in [1.807, 2.05) is 36.2 Å². The van der Waals surface area contributed by atoms with Gasteiger partial charge in [-0.1, -0.05) is 54.6 Å². The first-order valence-corrected chi connectivity index (χ1v) is 10.3. The van der Waals surface area contributed by atoms with E-state index in [-0.39, 0.29) is 5.91 Å².